The van der Waals surface area contributed by atoms with Crippen molar-refractivity contribution in [1.82, 2.24) is 10.6 Å². The number of carbonyl (C=O) groups excluding carboxylic acids is 2. The van der Waals surface area contributed by atoms with Gasteiger partial charge < -0.3 is 21.5 Å². The van der Waals surface area contributed by atoms with E-state index in [0.29, 0.717) is 0 Å². The van der Waals surface area contributed by atoms with Gasteiger partial charge in [0, 0.05) is 0 Å². The zero-order valence-electron chi connectivity index (χ0n) is 7.28. The summed E-state index contributed by atoms with van der Waals surface area (Å²) in [6, 6.07) is 0. The molecule has 0 aromatic heterocycles. The molecule has 7 nitrogen and oxygen atoms in total. The highest BCUT2D eigenvalue weighted by Crippen LogP contribution is 1.66. The van der Waals surface area contributed by atoms with Crippen LogP contribution in [0.5, 0.6) is 0 Å². The first-order chi connectivity index (χ1) is 6.06. The largest absolute Gasteiger partial charge is 0.480 e. The summed E-state index contributed by atoms with van der Waals surface area (Å²) in [4.78, 5) is 31.2. The minimum absolute atomic E-state index is 0. The number of hydrogen-bond acceptors (Lipinski definition) is 4. The quantitative estimate of drug-likeness (QED) is 0.419. The summed E-state index contributed by atoms with van der Waals surface area (Å²) >= 11 is 0. The SMILES string of the molecule is Cl.NCC(=O)NCC(=O)NCC(=O)O. The fourth-order valence-electron chi connectivity index (χ4n) is 0.488. The molecule has 2 amide bonds. The standard InChI is InChI=1S/C6H11N3O4.ClH/c7-1-4(10)8-2-5(11)9-3-6(12)13;/h1-3,7H2,(H,8,10)(H,9,11)(H,12,13);1H. The van der Waals surface area contributed by atoms with E-state index >= 15 is 0 Å². The Balaban J connectivity index is 0. The first kappa shape index (κ1) is 15.1. The van der Waals surface area contributed by atoms with Gasteiger partial charge in [0.25, 0.3) is 0 Å². The Morgan fingerprint density at radius 1 is 1.07 bits per heavy atom. The number of aliphatic carboxylic acids is 1. The number of amides is 2. The second kappa shape index (κ2) is 8.27. The van der Waals surface area contributed by atoms with Crippen LogP contribution in [-0.4, -0.2) is 42.5 Å². The molecule has 0 aliphatic rings. The predicted molar refractivity (Wildman–Crippen MR) is 50.0 cm³/mol. The Bertz CT molecular complexity index is 221. The molecule has 0 atom stereocenters. The van der Waals surface area contributed by atoms with E-state index in [1.807, 2.05) is 0 Å². The van der Waals surface area contributed by atoms with Crippen LogP contribution in [0.25, 0.3) is 0 Å². The molecular formula is C6H12ClN3O4. The van der Waals surface area contributed by atoms with Crippen LogP contribution in [0.1, 0.15) is 0 Å². The van der Waals surface area contributed by atoms with Gasteiger partial charge in [0.15, 0.2) is 0 Å². The number of nitrogens with one attached hydrogen (secondary N) is 2. The fraction of sp³-hybridized carbons (Fsp3) is 0.500. The maximum atomic E-state index is 10.7. The monoisotopic (exact) mass is 225 g/mol. The van der Waals surface area contributed by atoms with Gasteiger partial charge in [-0.05, 0) is 0 Å². The Hall–Kier alpha value is -1.34. The van der Waals surface area contributed by atoms with Crippen LogP contribution in [-0.2, 0) is 14.4 Å². The zero-order chi connectivity index (χ0) is 10.3. The van der Waals surface area contributed by atoms with Crippen molar-refractivity contribution in [1.29, 1.82) is 0 Å². The van der Waals surface area contributed by atoms with Crippen molar-refractivity contribution in [3.63, 3.8) is 0 Å². The van der Waals surface area contributed by atoms with Crippen LogP contribution in [0.2, 0.25) is 0 Å². The second-order valence-corrected chi connectivity index (χ2v) is 2.15. The average molecular weight is 226 g/mol. The lowest BCUT2D eigenvalue weighted by Gasteiger charge is -2.03. The molecule has 14 heavy (non-hydrogen) atoms. The molecule has 5 N–H and O–H groups in total. The van der Waals surface area contributed by atoms with Crippen molar-refractivity contribution in [2.24, 2.45) is 5.73 Å². The van der Waals surface area contributed by atoms with Crippen LogP contribution >= 0.6 is 12.4 Å². The van der Waals surface area contributed by atoms with Crippen LogP contribution < -0.4 is 16.4 Å². The van der Waals surface area contributed by atoms with Crippen LogP contribution in [0.15, 0.2) is 0 Å². The van der Waals surface area contributed by atoms with E-state index in [9.17, 15) is 14.4 Å². The lowest BCUT2D eigenvalue weighted by molar-refractivity contribution is -0.137. The summed E-state index contributed by atoms with van der Waals surface area (Å²) in [5, 5.41) is 12.4. The summed E-state index contributed by atoms with van der Waals surface area (Å²) in [5.41, 5.74) is 4.94. The molecule has 0 saturated carbocycles. The minimum Gasteiger partial charge on any atom is -0.480 e. The van der Waals surface area contributed by atoms with E-state index in [1.54, 1.807) is 0 Å². The molecule has 0 heterocycles. The third-order valence-corrected chi connectivity index (χ3v) is 1.07. The molecule has 0 fully saturated rings. The van der Waals surface area contributed by atoms with E-state index in [-0.39, 0.29) is 25.5 Å². The topological polar surface area (TPSA) is 122 Å². The lowest BCUT2D eigenvalue weighted by atomic mass is 10.5. The van der Waals surface area contributed by atoms with Gasteiger partial charge >= 0.3 is 5.97 Å². The van der Waals surface area contributed by atoms with Gasteiger partial charge in [-0.25, -0.2) is 0 Å². The number of carboxylic acids is 1. The van der Waals surface area contributed by atoms with Crippen LogP contribution in [0.4, 0.5) is 0 Å². The van der Waals surface area contributed by atoms with Crippen molar-refractivity contribution >= 4 is 30.2 Å². The van der Waals surface area contributed by atoms with Gasteiger partial charge in [-0.2, -0.15) is 0 Å². The predicted octanol–water partition coefficient (Wildman–Crippen LogP) is -2.32. The third kappa shape index (κ3) is 8.75. The van der Waals surface area contributed by atoms with E-state index < -0.39 is 24.3 Å². The van der Waals surface area contributed by atoms with Crippen LogP contribution in [0, 0.1) is 0 Å². The molecule has 0 bridgehead atoms. The van der Waals surface area contributed by atoms with Gasteiger partial charge in [0.1, 0.15) is 6.54 Å². The molecule has 0 aliphatic heterocycles. The maximum absolute atomic E-state index is 10.7. The number of hydrogen-bond donors (Lipinski definition) is 4. The molecule has 0 rings (SSSR count). The number of rotatable bonds is 5. The zero-order valence-corrected chi connectivity index (χ0v) is 8.10. The first-order valence-corrected chi connectivity index (χ1v) is 3.51. The second-order valence-electron chi connectivity index (χ2n) is 2.15. The van der Waals surface area contributed by atoms with Crippen molar-refractivity contribution in [2.45, 2.75) is 0 Å². The maximum Gasteiger partial charge on any atom is 0.322 e. The van der Waals surface area contributed by atoms with E-state index in [4.69, 9.17) is 10.8 Å². The van der Waals surface area contributed by atoms with Gasteiger partial charge in [-0.1, -0.05) is 0 Å². The summed E-state index contributed by atoms with van der Waals surface area (Å²) in [6.45, 7) is -0.924. The molecule has 0 radical (unpaired) electrons. The number of carbonyl (C=O) groups is 3. The Morgan fingerprint density at radius 3 is 2.00 bits per heavy atom. The van der Waals surface area contributed by atoms with Crippen molar-refractivity contribution in [3.8, 4) is 0 Å². The molecule has 0 aliphatic carbocycles. The Kier molecular flexibility index (Phi) is 8.94. The van der Waals surface area contributed by atoms with E-state index in [0.717, 1.165) is 0 Å². The number of halogens is 1. The molecule has 0 spiro atoms. The van der Waals surface area contributed by atoms with E-state index in [1.165, 1.54) is 0 Å². The Labute approximate surface area is 86.4 Å². The number of carboxylic acid groups (broad SMARTS) is 1. The highest BCUT2D eigenvalue weighted by molar-refractivity contribution is 5.87. The van der Waals surface area contributed by atoms with Crippen molar-refractivity contribution in [2.75, 3.05) is 19.6 Å². The fourth-order valence-corrected chi connectivity index (χ4v) is 0.488. The third-order valence-electron chi connectivity index (χ3n) is 1.07. The first-order valence-electron chi connectivity index (χ1n) is 3.51. The summed E-state index contributed by atoms with van der Waals surface area (Å²) < 4.78 is 0. The van der Waals surface area contributed by atoms with Gasteiger partial charge in [0.05, 0.1) is 13.1 Å². The minimum atomic E-state index is -1.14. The summed E-state index contributed by atoms with van der Waals surface area (Å²) in [7, 11) is 0. The molecule has 82 valence electrons. The highest BCUT2D eigenvalue weighted by Gasteiger charge is 2.04. The van der Waals surface area contributed by atoms with E-state index in [2.05, 4.69) is 10.6 Å². The smallest absolute Gasteiger partial charge is 0.322 e. The van der Waals surface area contributed by atoms with Crippen molar-refractivity contribution < 1.29 is 19.5 Å². The van der Waals surface area contributed by atoms with Crippen molar-refractivity contribution in [3.05, 3.63) is 0 Å². The molecular weight excluding hydrogens is 214 g/mol. The average Bonchev–Trinajstić information content (AvgIpc) is 2.10. The van der Waals surface area contributed by atoms with Crippen LogP contribution in [0.3, 0.4) is 0 Å². The normalized spacial score (nSPS) is 8.36. The summed E-state index contributed by atoms with van der Waals surface area (Å²) in [6.07, 6.45) is 0. The lowest BCUT2D eigenvalue weighted by Crippen LogP contribution is -2.40. The molecule has 0 aromatic carbocycles. The molecule has 0 aromatic rings. The molecule has 0 unspecified atom stereocenters. The number of nitrogens with two attached hydrogens (primary N) is 1. The van der Waals surface area contributed by atoms with Gasteiger partial charge in [-0.3, -0.25) is 14.4 Å². The summed E-state index contributed by atoms with van der Waals surface area (Å²) in [5.74, 6) is -2.17. The Morgan fingerprint density at radius 2 is 1.57 bits per heavy atom. The van der Waals surface area contributed by atoms with Gasteiger partial charge in [-0.15, -0.1) is 12.4 Å². The van der Waals surface area contributed by atoms with Gasteiger partial charge in [0.2, 0.25) is 11.8 Å². The highest BCUT2D eigenvalue weighted by atomic mass is 35.5. The molecule has 8 heteroatoms. The molecule has 0 saturated heterocycles.